The molecule has 1 atom stereocenters. The lowest BCUT2D eigenvalue weighted by atomic mass is 9.86. The molecule has 0 spiro atoms. The Morgan fingerprint density at radius 2 is 2.39 bits per heavy atom. The number of nitrogens with zero attached hydrogens (tertiary/aromatic N) is 2. The van der Waals surface area contributed by atoms with E-state index in [0.717, 1.165) is 12.5 Å². The number of carbonyl (C=O) groups is 1. The van der Waals surface area contributed by atoms with Gasteiger partial charge in [-0.25, -0.2) is 4.68 Å². The van der Waals surface area contributed by atoms with Crippen molar-refractivity contribution in [1.82, 2.24) is 9.78 Å². The Hall–Kier alpha value is -1.56. The summed E-state index contributed by atoms with van der Waals surface area (Å²) in [5.74, 6) is 0.809. The van der Waals surface area contributed by atoms with Crippen LogP contribution in [0.15, 0.2) is 6.07 Å². The molecule has 0 aromatic carbocycles. The standard InChI is InChI=1S/C12H17N3O3/c13-12(16)10-4-11-15(14-10)5-9(18-11)7-17-6-8-2-1-3-8/h4,8-9H,1-3,5-7H2,(H2,13,16). The first kappa shape index (κ1) is 11.5. The number of hydrogen-bond acceptors (Lipinski definition) is 4. The first-order valence-electron chi connectivity index (χ1n) is 6.34. The zero-order valence-electron chi connectivity index (χ0n) is 10.2. The van der Waals surface area contributed by atoms with Crippen molar-refractivity contribution in [2.24, 2.45) is 11.7 Å². The molecule has 1 saturated carbocycles. The van der Waals surface area contributed by atoms with E-state index in [1.807, 2.05) is 0 Å². The molecule has 3 rings (SSSR count). The van der Waals surface area contributed by atoms with E-state index >= 15 is 0 Å². The molecular formula is C12H17N3O3. The number of aromatic nitrogens is 2. The summed E-state index contributed by atoms with van der Waals surface area (Å²) < 4.78 is 12.9. The molecule has 2 heterocycles. The van der Waals surface area contributed by atoms with Gasteiger partial charge in [0.25, 0.3) is 5.91 Å². The molecule has 2 aliphatic rings. The molecule has 6 heteroatoms. The second kappa shape index (κ2) is 4.61. The summed E-state index contributed by atoms with van der Waals surface area (Å²) in [7, 11) is 0. The zero-order chi connectivity index (χ0) is 12.5. The largest absolute Gasteiger partial charge is 0.470 e. The molecule has 0 bridgehead atoms. The molecule has 2 N–H and O–H groups in total. The fourth-order valence-corrected chi connectivity index (χ4v) is 2.26. The van der Waals surface area contributed by atoms with Gasteiger partial charge in [0.05, 0.1) is 13.2 Å². The minimum atomic E-state index is -0.529. The van der Waals surface area contributed by atoms with Gasteiger partial charge in [-0.2, -0.15) is 5.10 Å². The lowest BCUT2D eigenvalue weighted by molar-refractivity contribution is 0.0237. The SMILES string of the molecule is NC(=O)c1cc2n(n1)CC(COCC1CCC1)O2. The summed E-state index contributed by atoms with van der Waals surface area (Å²) in [6.45, 7) is 2.02. The normalized spacial score (nSPS) is 22.3. The fourth-order valence-electron chi connectivity index (χ4n) is 2.26. The van der Waals surface area contributed by atoms with Crippen molar-refractivity contribution in [2.75, 3.05) is 13.2 Å². The molecule has 1 aromatic rings. The third kappa shape index (κ3) is 2.20. The van der Waals surface area contributed by atoms with Crippen LogP contribution in [0.3, 0.4) is 0 Å². The quantitative estimate of drug-likeness (QED) is 0.829. The van der Waals surface area contributed by atoms with Crippen LogP contribution in [0, 0.1) is 5.92 Å². The van der Waals surface area contributed by atoms with Gasteiger partial charge in [-0.05, 0) is 18.8 Å². The predicted octanol–water partition coefficient (Wildman–Crippen LogP) is 0.560. The number of nitrogens with two attached hydrogens (primary N) is 1. The average molecular weight is 251 g/mol. The first-order chi connectivity index (χ1) is 8.72. The topological polar surface area (TPSA) is 79.4 Å². The van der Waals surface area contributed by atoms with Gasteiger partial charge in [0.1, 0.15) is 6.10 Å². The van der Waals surface area contributed by atoms with Crippen molar-refractivity contribution in [2.45, 2.75) is 31.9 Å². The van der Waals surface area contributed by atoms with E-state index in [2.05, 4.69) is 5.10 Å². The maximum absolute atomic E-state index is 10.9. The van der Waals surface area contributed by atoms with E-state index < -0.39 is 5.91 Å². The van der Waals surface area contributed by atoms with Crippen LogP contribution >= 0.6 is 0 Å². The van der Waals surface area contributed by atoms with Crippen molar-refractivity contribution in [3.05, 3.63) is 11.8 Å². The minimum absolute atomic E-state index is 0.00509. The van der Waals surface area contributed by atoms with Gasteiger partial charge in [-0.3, -0.25) is 4.79 Å². The van der Waals surface area contributed by atoms with Gasteiger partial charge in [0, 0.05) is 12.7 Å². The summed E-state index contributed by atoms with van der Waals surface area (Å²) in [4.78, 5) is 10.9. The van der Waals surface area contributed by atoms with Crippen molar-refractivity contribution in [1.29, 1.82) is 0 Å². The maximum Gasteiger partial charge on any atom is 0.269 e. The van der Waals surface area contributed by atoms with Crippen LogP contribution in [0.5, 0.6) is 5.88 Å². The highest BCUT2D eigenvalue weighted by Gasteiger charge is 2.26. The minimum Gasteiger partial charge on any atom is -0.470 e. The van der Waals surface area contributed by atoms with Crippen molar-refractivity contribution < 1.29 is 14.3 Å². The number of carbonyl (C=O) groups excluding carboxylic acids is 1. The van der Waals surface area contributed by atoms with Gasteiger partial charge in [-0.15, -0.1) is 0 Å². The number of fused-ring (bicyclic) bond motifs is 1. The van der Waals surface area contributed by atoms with Crippen molar-refractivity contribution in [3.8, 4) is 5.88 Å². The molecule has 1 aliphatic carbocycles. The van der Waals surface area contributed by atoms with E-state index in [0.29, 0.717) is 19.0 Å². The van der Waals surface area contributed by atoms with E-state index in [1.165, 1.54) is 19.3 Å². The molecule has 0 saturated heterocycles. The maximum atomic E-state index is 10.9. The third-order valence-electron chi connectivity index (χ3n) is 3.54. The molecule has 1 amide bonds. The van der Waals surface area contributed by atoms with Gasteiger partial charge in [0.2, 0.25) is 5.88 Å². The van der Waals surface area contributed by atoms with E-state index in [4.69, 9.17) is 15.2 Å². The van der Waals surface area contributed by atoms with Crippen LogP contribution in [-0.2, 0) is 11.3 Å². The predicted molar refractivity (Wildman–Crippen MR) is 63.3 cm³/mol. The van der Waals surface area contributed by atoms with Crippen LogP contribution in [0.25, 0.3) is 0 Å². The molecule has 1 unspecified atom stereocenters. The van der Waals surface area contributed by atoms with Crippen LogP contribution in [0.2, 0.25) is 0 Å². The summed E-state index contributed by atoms with van der Waals surface area (Å²) in [6, 6.07) is 1.58. The van der Waals surface area contributed by atoms with Crippen molar-refractivity contribution in [3.63, 3.8) is 0 Å². The summed E-state index contributed by atoms with van der Waals surface area (Å²) in [5, 5.41) is 4.07. The summed E-state index contributed by atoms with van der Waals surface area (Å²) in [6.07, 6.45) is 3.90. The molecule has 0 radical (unpaired) electrons. The smallest absolute Gasteiger partial charge is 0.269 e. The Balaban J connectivity index is 1.47. The molecule has 98 valence electrons. The Morgan fingerprint density at radius 1 is 1.56 bits per heavy atom. The third-order valence-corrected chi connectivity index (χ3v) is 3.54. The van der Waals surface area contributed by atoms with Crippen LogP contribution in [0.4, 0.5) is 0 Å². The Morgan fingerprint density at radius 3 is 3.00 bits per heavy atom. The molecule has 6 nitrogen and oxygen atoms in total. The zero-order valence-corrected chi connectivity index (χ0v) is 10.2. The Labute approximate surface area is 105 Å². The number of rotatable bonds is 5. The van der Waals surface area contributed by atoms with Crippen LogP contribution in [0.1, 0.15) is 29.8 Å². The summed E-state index contributed by atoms with van der Waals surface area (Å²) >= 11 is 0. The Bertz CT molecular complexity index is 430. The lowest BCUT2D eigenvalue weighted by Gasteiger charge is -2.25. The molecular weight excluding hydrogens is 234 g/mol. The molecule has 1 fully saturated rings. The van der Waals surface area contributed by atoms with E-state index in [9.17, 15) is 4.79 Å². The molecule has 18 heavy (non-hydrogen) atoms. The van der Waals surface area contributed by atoms with Crippen LogP contribution < -0.4 is 10.5 Å². The summed E-state index contributed by atoms with van der Waals surface area (Å²) in [5.41, 5.74) is 5.40. The fraction of sp³-hybridized carbons (Fsp3) is 0.667. The van der Waals surface area contributed by atoms with Crippen LogP contribution in [-0.4, -0.2) is 35.0 Å². The second-order valence-corrected chi connectivity index (χ2v) is 4.99. The number of amides is 1. The Kier molecular flexibility index (Phi) is 2.95. The van der Waals surface area contributed by atoms with Gasteiger partial charge in [0.15, 0.2) is 5.69 Å². The lowest BCUT2D eigenvalue weighted by Crippen LogP contribution is -2.26. The average Bonchev–Trinajstić information content (AvgIpc) is 2.78. The highest BCUT2D eigenvalue weighted by atomic mass is 16.5. The number of ether oxygens (including phenoxy) is 2. The van der Waals surface area contributed by atoms with Gasteiger partial charge >= 0.3 is 0 Å². The number of hydrogen-bond donors (Lipinski definition) is 1. The highest BCUT2D eigenvalue weighted by Crippen LogP contribution is 2.27. The monoisotopic (exact) mass is 251 g/mol. The van der Waals surface area contributed by atoms with E-state index in [-0.39, 0.29) is 11.8 Å². The second-order valence-electron chi connectivity index (χ2n) is 4.99. The van der Waals surface area contributed by atoms with E-state index in [1.54, 1.807) is 10.7 Å². The number of primary amides is 1. The van der Waals surface area contributed by atoms with Gasteiger partial charge < -0.3 is 15.2 Å². The molecule has 1 aliphatic heterocycles. The van der Waals surface area contributed by atoms with Gasteiger partial charge in [-0.1, -0.05) is 6.42 Å². The first-order valence-corrected chi connectivity index (χ1v) is 6.34. The highest BCUT2D eigenvalue weighted by molar-refractivity contribution is 5.91. The molecule has 1 aromatic heterocycles. The van der Waals surface area contributed by atoms with Crippen molar-refractivity contribution >= 4 is 5.91 Å².